The van der Waals surface area contributed by atoms with Gasteiger partial charge in [-0.2, -0.15) is 0 Å². The van der Waals surface area contributed by atoms with E-state index >= 15 is 0 Å². The summed E-state index contributed by atoms with van der Waals surface area (Å²) in [5.41, 5.74) is 4.74. The van der Waals surface area contributed by atoms with Crippen molar-refractivity contribution in [1.82, 2.24) is 0 Å². The molecule has 1 amide bonds. The summed E-state index contributed by atoms with van der Waals surface area (Å²) >= 11 is 0. The van der Waals surface area contributed by atoms with Crippen LogP contribution in [0.4, 0.5) is 5.69 Å². The van der Waals surface area contributed by atoms with Crippen LogP contribution in [0.5, 0.6) is 0 Å². The maximum absolute atomic E-state index is 12.4. The zero-order chi connectivity index (χ0) is 20.4. The molecule has 2 aromatic rings. The average Bonchev–Trinajstić information content (AvgIpc) is 2.64. The standard InChI is InChI=1S/C26H35NO/c1-6-7-8-9-12-21-15-17-22(18-16-21)26(5)19-25(3,4)27(20(2)28)24-14-11-10-13-23(24)26/h10-11,13-18H,6-9,12,19H2,1-5H3. The van der Waals surface area contributed by atoms with Crippen molar-refractivity contribution in [3.8, 4) is 0 Å². The highest BCUT2D eigenvalue weighted by atomic mass is 16.2. The Labute approximate surface area is 171 Å². The molecule has 0 bridgehead atoms. The fraction of sp³-hybridized carbons (Fsp3) is 0.500. The van der Waals surface area contributed by atoms with E-state index in [0.29, 0.717) is 0 Å². The number of carbonyl (C=O) groups is 1. The predicted octanol–water partition coefficient (Wildman–Crippen LogP) is 6.65. The monoisotopic (exact) mass is 377 g/mol. The van der Waals surface area contributed by atoms with E-state index in [-0.39, 0.29) is 16.9 Å². The number of unbranched alkanes of at least 4 members (excludes halogenated alkanes) is 3. The van der Waals surface area contributed by atoms with Crippen LogP contribution in [0, 0.1) is 0 Å². The lowest BCUT2D eigenvalue weighted by molar-refractivity contribution is -0.117. The molecule has 1 aliphatic rings. The van der Waals surface area contributed by atoms with Crippen LogP contribution in [0.1, 0.15) is 83.4 Å². The summed E-state index contributed by atoms with van der Waals surface area (Å²) in [7, 11) is 0. The molecule has 2 heteroatoms. The number of benzene rings is 2. The summed E-state index contributed by atoms with van der Waals surface area (Å²) in [5.74, 6) is 0.113. The zero-order valence-corrected chi connectivity index (χ0v) is 18.2. The quantitative estimate of drug-likeness (QED) is 0.516. The van der Waals surface area contributed by atoms with Crippen molar-refractivity contribution in [3.63, 3.8) is 0 Å². The average molecular weight is 378 g/mol. The van der Waals surface area contributed by atoms with Crippen molar-refractivity contribution >= 4 is 11.6 Å². The van der Waals surface area contributed by atoms with Crippen molar-refractivity contribution in [1.29, 1.82) is 0 Å². The minimum Gasteiger partial charge on any atom is -0.307 e. The molecular formula is C26H35NO. The molecule has 2 nitrogen and oxygen atoms in total. The van der Waals surface area contributed by atoms with E-state index in [2.05, 4.69) is 70.2 Å². The summed E-state index contributed by atoms with van der Waals surface area (Å²) < 4.78 is 0. The molecule has 28 heavy (non-hydrogen) atoms. The lowest BCUT2D eigenvalue weighted by atomic mass is 9.65. The Bertz CT molecular complexity index is 821. The number of fused-ring (bicyclic) bond motifs is 1. The molecule has 0 saturated carbocycles. The maximum Gasteiger partial charge on any atom is 0.224 e. The smallest absolute Gasteiger partial charge is 0.224 e. The number of amides is 1. The van der Waals surface area contributed by atoms with Crippen LogP contribution in [-0.4, -0.2) is 11.4 Å². The summed E-state index contributed by atoms with van der Waals surface area (Å²) in [5, 5.41) is 0. The van der Waals surface area contributed by atoms with Crippen molar-refractivity contribution < 1.29 is 4.79 Å². The van der Waals surface area contributed by atoms with Gasteiger partial charge >= 0.3 is 0 Å². The van der Waals surface area contributed by atoms with E-state index in [0.717, 1.165) is 18.5 Å². The largest absolute Gasteiger partial charge is 0.307 e. The molecule has 150 valence electrons. The van der Waals surface area contributed by atoms with Crippen LogP contribution in [0.25, 0.3) is 0 Å². The molecule has 3 rings (SSSR count). The first kappa shape index (κ1) is 20.6. The number of hydrogen-bond donors (Lipinski definition) is 0. The highest BCUT2D eigenvalue weighted by Gasteiger charge is 2.46. The molecule has 0 fully saturated rings. The van der Waals surface area contributed by atoms with Gasteiger partial charge in [-0.3, -0.25) is 4.79 Å². The molecule has 1 heterocycles. The van der Waals surface area contributed by atoms with Crippen LogP contribution in [0.2, 0.25) is 0 Å². The Morgan fingerprint density at radius 1 is 0.964 bits per heavy atom. The van der Waals surface area contributed by atoms with Gasteiger partial charge in [0.25, 0.3) is 0 Å². The molecule has 0 aromatic heterocycles. The minimum atomic E-state index is -0.228. The first-order valence-corrected chi connectivity index (χ1v) is 10.8. The van der Waals surface area contributed by atoms with Crippen molar-refractivity contribution in [2.24, 2.45) is 0 Å². The fourth-order valence-corrected chi connectivity index (χ4v) is 5.15. The topological polar surface area (TPSA) is 20.3 Å². The minimum absolute atomic E-state index is 0.104. The third-order valence-corrected chi connectivity index (χ3v) is 6.36. The highest BCUT2D eigenvalue weighted by Crippen LogP contribution is 2.50. The van der Waals surface area contributed by atoms with E-state index in [9.17, 15) is 4.79 Å². The SMILES string of the molecule is CCCCCCc1ccc(C2(C)CC(C)(C)N(C(C)=O)c3ccccc32)cc1. The van der Waals surface area contributed by atoms with Crippen LogP contribution >= 0.6 is 0 Å². The van der Waals surface area contributed by atoms with Gasteiger partial charge < -0.3 is 4.90 Å². The molecule has 0 radical (unpaired) electrons. The van der Waals surface area contributed by atoms with E-state index in [1.54, 1.807) is 6.92 Å². The second-order valence-corrected chi connectivity index (χ2v) is 9.20. The Morgan fingerprint density at radius 3 is 2.29 bits per heavy atom. The van der Waals surface area contributed by atoms with E-state index in [4.69, 9.17) is 0 Å². The van der Waals surface area contributed by atoms with Crippen molar-refractivity contribution in [2.75, 3.05) is 4.90 Å². The number of para-hydroxylation sites is 1. The van der Waals surface area contributed by atoms with Gasteiger partial charge in [-0.25, -0.2) is 0 Å². The second kappa shape index (κ2) is 8.11. The molecule has 1 atom stereocenters. The van der Waals surface area contributed by atoms with Crippen molar-refractivity contribution in [3.05, 3.63) is 65.2 Å². The molecule has 0 spiro atoms. The van der Waals surface area contributed by atoms with Gasteiger partial charge in [-0.15, -0.1) is 0 Å². The molecular weight excluding hydrogens is 342 g/mol. The number of hydrogen-bond acceptors (Lipinski definition) is 1. The van der Waals surface area contributed by atoms with Gasteiger partial charge in [0.2, 0.25) is 5.91 Å². The Hall–Kier alpha value is -2.09. The van der Waals surface area contributed by atoms with Gasteiger partial charge in [-0.05, 0) is 55.9 Å². The summed E-state index contributed by atoms with van der Waals surface area (Å²) in [6.45, 7) is 10.6. The van der Waals surface area contributed by atoms with Gasteiger partial charge in [0.1, 0.15) is 0 Å². The second-order valence-electron chi connectivity index (χ2n) is 9.20. The van der Waals surface area contributed by atoms with E-state index < -0.39 is 0 Å². The number of carbonyl (C=O) groups excluding carboxylic acids is 1. The Morgan fingerprint density at radius 2 is 1.64 bits per heavy atom. The van der Waals surface area contributed by atoms with Crippen LogP contribution in [0.15, 0.2) is 48.5 Å². The summed E-state index contributed by atoms with van der Waals surface area (Å²) in [4.78, 5) is 14.4. The number of aryl methyl sites for hydroxylation is 1. The van der Waals surface area contributed by atoms with Gasteiger partial charge in [0, 0.05) is 23.6 Å². The summed E-state index contributed by atoms with van der Waals surface area (Å²) in [6, 6.07) is 17.7. The Kier molecular flexibility index (Phi) is 5.98. The van der Waals surface area contributed by atoms with Crippen LogP contribution in [0.3, 0.4) is 0 Å². The Balaban J connectivity index is 1.94. The first-order valence-electron chi connectivity index (χ1n) is 10.8. The van der Waals surface area contributed by atoms with E-state index in [1.165, 1.54) is 42.4 Å². The first-order chi connectivity index (χ1) is 13.3. The fourth-order valence-electron chi connectivity index (χ4n) is 5.15. The molecule has 0 aliphatic carbocycles. The third kappa shape index (κ3) is 3.87. The molecule has 0 saturated heterocycles. The molecule has 1 aliphatic heterocycles. The molecule has 0 N–H and O–H groups in total. The van der Waals surface area contributed by atoms with Gasteiger partial charge in [-0.1, -0.05) is 75.6 Å². The molecule has 1 unspecified atom stereocenters. The van der Waals surface area contributed by atoms with Crippen LogP contribution < -0.4 is 4.90 Å². The number of rotatable bonds is 6. The van der Waals surface area contributed by atoms with Crippen molar-refractivity contribution in [2.45, 2.75) is 84.1 Å². The normalized spacial score (nSPS) is 20.7. The van der Waals surface area contributed by atoms with Gasteiger partial charge in [0.15, 0.2) is 0 Å². The van der Waals surface area contributed by atoms with Gasteiger partial charge in [0.05, 0.1) is 0 Å². The predicted molar refractivity (Wildman–Crippen MR) is 119 cm³/mol. The third-order valence-electron chi connectivity index (χ3n) is 6.36. The van der Waals surface area contributed by atoms with Crippen LogP contribution in [-0.2, 0) is 16.6 Å². The number of anilines is 1. The van der Waals surface area contributed by atoms with E-state index in [1.807, 2.05) is 11.0 Å². The summed E-state index contributed by atoms with van der Waals surface area (Å²) in [6.07, 6.45) is 7.27. The lowest BCUT2D eigenvalue weighted by Gasteiger charge is -2.51. The zero-order valence-electron chi connectivity index (χ0n) is 18.2. The number of nitrogens with zero attached hydrogens (tertiary/aromatic N) is 1. The highest BCUT2D eigenvalue weighted by molar-refractivity contribution is 5.95. The lowest BCUT2D eigenvalue weighted by Crippen LogP contribution is -2.55. The maximum atomic E-state index is 12.4. The molecule has 2 aromatic carbocycles.